The first-order chi connectivity index (χ1) is 10.1. The summed E-state index contributed by atoms with van der Waals surface area (Å²) >= 11 is 7.70. The molecule has 1 unspecified atom stereocenters. The third kappa shape index (κ3) is 3.59. The predicted molar refractivity (Wildman–Crippen MR) is 88.6 cm³/mol. The molecule has 2 heterocycles. The Bertz CT molecular complexity index is 579. The van der Waals surface area contributed by atoms with E-state index in [2.05, 4.69) is 37.3 Å². The standard InChI is InChI=1S/C15H22ClN3OS/c1-5-8-17-14(12-6-7-13(16)21-12)15-11(20-4)9-18-19(15)10(2)3/h6-7,9-10,14,17H,5,8H2,1-4H3. The van der Waals surface area contributed by atoms with Gasteiger partial charge in [-0.05, 0) is 38.9 Å². The Morgan fingerprint density at radius 3 is 2.71 bits per heavy atom. The van der Waals surface area contributed by atoms with Crippen LogP contribution in [0.5, 0.6) is 5.75 Å². The molecule has 1 atom stereocenters. The highest BCUT2D eigenvalue weighted by atomic mass is 35.5. The molecule has 0 amide bonds. The smallest absolute Gasteiger partial charge is 0.161 e. The van der Waals surface area contributed by atoms with E-state index in [0.29, 0.717) is 0 Å². The summed E-state index contributed by atoms with van der Waals surface area (Å²) in [4.78, 5) is 1.18. The van der Waals surface area contributed by atoms with Crippen LogP contribution in [0.2, 0.25) is 4.34 Å². The van der Waals surface area contributed by atoms with Crippen molar-refractivity contribution in [3.63, 3.8) is 0 Å². The van der Waals surface area contributed by atoms with Crippen LogP contribution in [0.25, 0.3) is 0 Å². The summed E-state index contributed by atoms with van der Waals surface area (Å²) in [7, 11) is 1.68. The summed E-state index contributed by atoms with van der Waals surface area (Å²) < 4.78 is 8.32. The highest BCUT2D eigenvalue weighted by Gasteiger charge is 2.25. The first-order valence-corrected chi connectivity index (χ1v) is 8.37. The minimum absolute atomic E-state index is 0.0438. The van der Waals surface area contributed by atoms with Crippen LogP contribution in [-0.2, 0) is 0 Å². The number of ether oxygens (including phenoxy) is 1. The summed E-state index contributed by atoms with van der Waals surface area (Å²) in [6, 6.07) is 4.31. The average molecular weight is 328 g/mol. The monoisotopic (exact) mass is 327 g/mol. The molecule has 2 aromatic heterocycles. The third-order valence-electron chi connectivity index (χ3n) is 3.26. The van der Waals surface area contributed by atoms with Gasteiger partial charge >= 0.3 is 0 Å². The third-order valence-corrected chi connectivity index (χ3v) is 4.55. The van der Waals surface area contributed by atoms with Crippen molar-refractivity contribution in [2.45, 2.75) is 39.3 Å². The van der Waals surface area contributed by atoms with Crippen molar-refractivity contribution in [3.05, 3.63) is 33.2 Å². The zero-order valence-corrected chi connectivity index (χ0v) is 14.5. The van der Waals surface area contributed by atoms with E-state index in [1.54, 1.807) is 24.6 Å². The van der Waals surface area contributed by atoms with Gasteiger partial charge in [0.05, 0.1) is 23.7 Å². The van der Waals surface area contributed by atoms with Crippen LogP contribution in [0.15, 0.2) is 18.3 Å². The van der Waals surface area contributed by atoms with Gasteiger partial charge in [0.15, 0.2) is 5.75 Å². The van der Waals surface area contributed by atoms with Gasteiger partial charge < -0.3 is 10.1 Å². The van der Waals surface area contributed by atoms with Crippen molar-refractivity contribution in [2.24, 2.45) is 0 Å². The number of halogens is 1. The minimum atomic E-state index is 0.0438. The molecule has 0 aliphatic rings. The molecule has 0 fully saturated rings. The van der Waals surface area contributed by atoms with E-state index in [-0.39, 0.29) is 12.1 Å². The lowest BCUT2D eigenvalue weighted by molar-refractivity contribution is 0.394. The van der Waals surface area contributed by atoms with Crippen molar-refractivity contribution in [3.8, 4) is 5.75 Å². The largest absolute Gasteiger partial charge is 0.493 e. The maximum absolute atomic E-state index is 6.11. The maximum atomic E-state index is 6.11. The molecule has 0 bridgehead atoms. The topological polar surface area (TPSA) is 39.1 Å². The Balaban J connectivity index is 2.47. The highest BCUT2D eigenvalue weighted by Crippen LogP contribution is 2.36. The Morgan fingerprint density at radius 2 is 2.19 bits per heavy atom. The SMILES string of the molecule is CCCNC(c1ccc(Cl)s1)c1c(OC)cnn1C(C)C. The van der Waals surface area contributed by atoms with Crippen LogP contribution in [0.1, 0.15) is 49.8 Å². The molecule has 0 spiro atoms. The van der Waals surface area contributed by atoms with Crippen LogP contribution in [0, 0.1) is 0 Å². The Morgan fingerprint density at radius 1 is 1.43 bits per heavy atom. The van der Waals surface area contributed by atoms with Gasteiger partial charge in [0, 0.05) is 10.9 Å². The fraction of sp³-hybridized carbons (Fsp3) is 0.533. The number of methoxy groups -OCH3 is 1. The summed E-state index contributed by atoms with van der Waals surface area (Å²) in [5.41, 5.74) is 1.06. The van der Waals surface area contributed by atoms with E-state index in [1.807, 2.05) is 10.7 Å². The normalized spacial score (nSPS) is 12.9. The second kappa shape index (κ2) is 7.29. The van der Waals surface area contributed by atoms with Crippen LogP contribution in [-0.4, -0.2) is 23.4 Å². The van der Waals surface area contributed by atoms with Gasteiger partial charge in [-0.2, -0.15) is 5.10 Å². The molecule has 0 saturated carbocycles. The fourth-order valence-corrected chi connectivity index (χ4v) is 3.44. The van der Waals surface area contributed by atoms with Crippen molar-refractivity contribution in [2.75, 3.05) is 13.7 Å². The van der Waals surface area contributed by atoms with Crippen molar-refractivity contribution >= 4 is 22.9 Å². The van der Waals surface area contributed by atoms with Gasteiger partial charge in [-0.25, -0.2) is 0 Å². The van der Waals surface area contributed by atoms with E-state index < -0.39 is 0 Å². The minimum Gasteiger partial charge on any atom is -0.493 e. The van der Waals surface area contributed by atoms with Gasteiger partial charge in [-0.15, -0.1) is 11.3 Å². The van der Waals surface area contributed by atoms with Crippen LogP contribution < -0.4 is 10.1 Å². The van der Waals surface area contributed by atoms with Crippen LogP contribution >= 0.6 is 22.9 Å². The molecule has 4 nitrogen and oxygen atoms in total. The zero-order valence-electron chi connectivity index (χ0n) is 12.9. The van der Waals surface area contributed by atoms with E-state index in [0.717, 1.165) is 28.7 Å². The lowest BCUT2D eigenvalue weighted by atomic mass is 10.1. The Kier molecular flexibility index (Phi) is 5.67. The van der Waals surface area contributed by atoms with E-state index >= 15 is 0 Å². The van der Waals surface area contributed by atoms with E-state index in [4.69, 9.17) is 16.3 Å². The number of rotatable bonds is 7. The second-order valence-electron chi connectivity index (χ2n) is 5.17. The molecule has 0 saturated heterocycles. The number of hydrogen-bond donors (Lipinski definition) is 1. The molecule has 1 N–H and O–H groups in total. The number of nitrogens with zero attached hydrogens (tertiary/aromatic N) is 2. The van der Waals surface area contributed by atoms with E-state index in [1.165, 1.54) is 4.88 Å². The predicted octanol–water partition coefficient (Wildman–Crippen LogP) is 4.28. The first-order valence-electron chi connectivity index (χ1n) is 7.18. The van der Waals surface area contributed by atoms with Gasteiger partial charge in [0.2, 0.25) is 0 Å². The second-order valence-corrected chi connectivity index (χ2v) is 6.91. The highest BCUT2D eigenvalue weighted by molar-refractivity contribution is 7.16. The molecular weight excluding hydrogens is 306 g/mol. The summed E-state index contributed by atoms with van der Waals surface area (Å²) in [5.74, 6) is 0.807. The Labute approximate surface area is 135 Å². The number of aromatic nitrogens is 2. The summed E-state index contributed by atoms with van der Waals surface area (Å²) in [6.07, 6.45) is 2.85. The van der Waals surface area contributed by atoms with Crippen molar-refractivity contribution < 1.29 is 4.74 Å². The van der Waals surface area contributed by atoms with Gasteiger partial charge in [-0.1, -0.05) is 18.5 Å². The molecule has 6 heteroatoms. The number of nitrogens with one attached hydrogen (secondary N) is 1. The molecule has 0 aliphatic carbocycles. The fourth-order valence-electron chi connectivity index (χ4n) is 2.30. The molecular formula is C15H22ClN3OS. The Hall–Kier alpha value is -1.04. The van der Waals surface area contributed by atoms with Gasteiger partial charge in [-0.3, -0.25) is 4.68 Å². The molecule has 21 heavy (non-hydrogen) atoms. The molecule has 0 aliphatic heterocycles. The number of hydrogen-bond acceptors (Lipinski definition) is 4. The summed E-state index contributed by atoms with van der Waals surface area (Å²) in [6.45, 7) is 7.32. The van der Waals surface area contributed by atoms with Crippen LogP contribution in [0.4, 0.5) is 0 Å². The molecule has 2 aromatic rings. The lowest BCUT2D eigenvalue weighted by Gasteiger charge is -2.21. The van der Waals surface area contributed by atoms with Crippen molar-refractivity contribution in [1.29, 1.82) is 0 Å². The van der Waals surface area contributed by atoms with Gasteiger partial charge in [0.25, 0.3) is 0 Å². The average Bonchev–Trinajstić information content (AvgIpc) is 3.06. The molecule has 0 radical (unpaired) electrons. The first kappa shape index (κ1) is 16.3. The number of thiophene rings is 1. The quantitative estimate of drug-likeness (QED) is 0.825. The van der Waals surface area contributed by atoms with Crippen LogP contribution in [0.3, 0.4) is 0 Å². The molecule has 0 aromatic carbocycles. The van der Waals surface area contributed by atoms with Gasteiger partial charge in [0.1, 0.15) is 5.69 Å². The van der Waals surface area contributed by atoms with E-state index in [9.17, 15) is 0 Å². The molecule has 116 valence electrons. The lowest BCUT2D eigenvalue weighted by Crippen LogP contribution is -2.26. The maximum Gasteiger partial charge on any atom is 0.161 e. The summed E-state index contributed by atoms with van der Waals surface area (Å²) in [5, 5.41) is 8.05. The van der Waals surface area contributed by atoms with Crippen molar-refractivity contribution in [1.82, 2.24) is 15.1 Å². The molecule has 2 rings (SSSR count). The zero-order chi connectivity index (χ0) is 15.4.